The van der Waals surface area contributed by atoms with Crippen molar-refractivity contribution in [2.75, 3.05) is 6.54 Å². The first-order chi connectivity index (χ1) is 12.1. The van der Waals surface area contributed by atoms with E-state index < -0.39 is 5.60 Å². The Labute approximate surface area is 145 Å². The average Bonchev–Trinajstić information content (AvgIpc) is 3.04. The number of rotatable bonds is 6. The van der Waals surface area contributed by atoms with Gasteiger partial charge in [0.25, 0.3) is 5.91 Å². The number of amides is 1. The van der Waals surface area contributed by atoms with Crippen LogP contribution in [-0.2, 0) is 16.1 Å². The molecule has 0 bridgehead atoms. The number of aryl methyl sites for hydroxylation is 1. The Balaban J connectivity index is 1.48. The van der Waals surface area contributed by atoms with Gasteiger partial charge in [-0.25, -0.2) is 4.39 Å². The fourth-order valence-corrected chi connectivity index (χ4v) is 2.66. The van der Waals surface area contributed by atoms with Crippen molar-refractivity contribution < 1.29 is 14.0 Å². The summed E-state index contributed by atoms with van der Waals surface area (Å²) >= 11 is 0. The molecule has 1 aromatic heterocycles. The Kier molecular flexibility index (Phi) is 5.07. The monoisotopic (exact) mass is 341 g/mol. The lowest BCUT2D eigenvalue weighted by atomic mass is 9.95. The van der Waals surface area contributed by atoms with Crippen LogP contribution < -0.4 is 5.32 Å². The van der Waals surface area contributed by atoms with Crippen LogP contribution in [0.25, 0.3) is 0 Å². The summed E-state index contributed by atoms with van der Waals surface area (Å²) in [5, 5.41) is 6.90. The van der Waals surface area contributed by atoms with Gasteiger partial charge in [-0.1, -0.05) is 23.4 Å². The number of nitrogens with one attached hydrogen (secondary N) is 1. The van der Waals surface area contributed by atoms with Gasteiger partial charge in [0, 0.05) is 24.9 Å². The molecule has 1 aliphatic rings. The van der Waals surface area contributed by atoms with E-state index in [1.165, 1.54) is 12.1 Å². The maximum atomic E-state index is 13.0. The van der Waals surface area contributed by atoms with Gasteiger partial charge in [0.15, 0.2) is 0 Å². The highest BCUT2D eigenvalue weighted by atomic mass is 19.1. The minimum absolute atomic E-state index is 0.200. The number of benzene rings is 1. The molecular formula is C19H20FN3O2. The first-order valence-corrected chi connectivity index (χ1v) is 8.26. The molecule has 1 atom stereocenters. The number of nitrogens with zero attached hydrogens (tertiary/aromatic N) is 2. The van der Waals surface area contributed by atoms with E-state index in [1.54, 1.807) is 25.3 Å². The first kappa shape index (κ1) is 17.1. The van der Waals surface area contributed by atoms with Crippen LogP contribution in [-0.4, -0.2) is 28.7 Å². The number of carbonyl (C=O) groups excluding carboxylic acids is 1. The molecule has 0 saturated carbocycles. The first-order valence-electron chi connectivity index (χ1n) is 8.26. The molecule has 1 aliphatic heterocycles. The molecule has 3 rings (SSSR count). The molecule has 0 saturated heterocycles. The van der Waals surface area contributed by atoms with Crippen molar-refractivity contribution in [2.24, 2.45) is 5.16 Å². The Bertz CT molecular complexity index is 762. The Hall–Kier alpha value is -2.76. The maximum absolute atomic E-state index is 13.0. The highest BCUT2D eigenvalue weighted by Crippen LogP contribution is 2.26. The summed E-state index contributed by atoms with van der Waals surface area (Å²) in [6.45, 7) is 2.25. The molecule has 1 aromatic carbocycles. The predicted molar refractivity (Wildman–Crippen MR) is 92.6 cm³/mol. The number of hydrogen-bond acceptors (Lipinski definition) is 4. The third kappa shape index (κ3) is 4.21. The third-order valence-electron chi connectivity index (χ3n) is 4.14. The van der Waals surface area contributed by atoms with Crippen LogP contribution in [0.5, 0.6) is 0 Å². The molecule has 6 heteroatoms. The maximum Gasteiger partial charge on any atom is 0.267 e. The van der Waals surface area contributed by atoms with Gasteiger partial charge < -0.3 is 10.2 Å². The molecular weight excluding hydrogens is 321 g/mol. The van der Waals surface area contributed by atoms with E-state index >= 15 is 0 Å². The molecule has 0 aliphatic carbocycles. The highest BCUT2D eigenvalue weighted by molar-refractivity contribution is 6.05. The summed E-state index contributed by atoms with van der Waals surface area (Å²) < 4.78 is 13.0. The van der Waals surface area contributed by atoms with E-state index in [4.69, 9.17) is 4.84 Å². The molecule has 0 spiro atoms. The van der Waals surface area contributed by atoms with E-state index in [2.05, 4.69) is 15.5 Å². The number of carbonyl (C=O) groups is 1. The van der Waals surface area contributed by atoms with Gasteiger partial charge in [-0.05, 0) is 49.6 Å². The average molecular weight is 341 g/mol. The fraction of sp³-hybridized carbons (Fsp3) is 0.316. The van der Waals surface area contributed by atoms with Gasteiger partial charge in [-0.15, -0.1) is 0 Å². The minimum atomic E-state index is -1.03. The molecule has 130 valence electrons. The van der Waals surface area contributed by atoms with Crippen LogP contribution in [0.3, 0.4) is 0 Å². The van der Waals surface area contributed by atoms with Crippen molar-refractivity contribution in [1.29, 1.82) is 0 Å². The smallest absolute Gasteiger partial charge is 0.267 e. The highest BCUT2D eigenvalue weighted by Gasteiger charge is 2.41. The number of pyridine rings is 1. The number of hydrogen-bond donors (Lipinski definition) is 1. The SMILES string of the molecule is C[C@]1(C(=O)NCCCc2ccccn2)CC(c2ccc(F)cc2)=NO1. The Morgan fingerprint density at radius 1 is 1.28 bits per heavy atom. The van der Waals surface area contributed by atoms with Crippen LogP contribution in [0.1, 0.15) is 31.0 Å². The van der Waals surface area contributed by atoms with Crippen LogP contribution in [0.2, 0.25) is 0 Å². The largest absolute Gasteiger partial charge is 0.379 e. The van der Waals surface area contributed by atoms with E-state index in [1.807, 2.05) is 18.2 Å². The second-order valence-electron chi connectivity index (χ2n) is 6.22. The summed E-state index contributed by atoms with van der Waals surface area (Å²) in [4.78, 5) is 22.1. The van der Waals surface area contributed by atoms with Crippen molar-refractivity contribution >= 4 is 11.6 Å². The van der Waals surface area contributed by atoms with Crippen LogP contribution >= 0.6 is 0 Å². The third-order valence-corrected chi connectivity index (χ3v) is 4.14. The molecule has 0 radical (unpaired) electrons. The molecule has 2 heterocycles. The van der Waals surface area contributed by atoms with Crippen molar-refractivity contribution in [3.63, 3.8) is 0 Å². The van der Waals surface area contributed by atoms with Gasteiger partial charge >= 0.3 is 0 Å². The van der Waals surface area contributed by atoms with Crippen molar-refractivity contribution in [3.05, 3.63) is 65.7 Å². The van der Waals surface area contributed by atoms with Gasteiger partial charge in [0.2, 0.25) is 5.60 Å². The van der Waals surface area contributed by atoms with Crippen molar-refractivity contribution in [2.45, 2.75) is 31.8 Å². The fourth-order valence-electron chi connectivity index (χ4n) is 2.66. The molecule has 25 heavy (non-hydrogen) atoms. The Morgan fingerprint density at radius 3 is 2.80 bits per heavy atom. The number of aromatic nitrogens is 1. The van der Waals surface area contributed by atoms with E-state index in [9.17, 15) is 9.18 Å². The summed E-state index contributed by atoms with van der Waals surface area (Å²) in [6, 6.07) is 11.8. The van der Waals surface area contributed by atoms with E-state index in [0.29, 0.717) is 18.7 Å². The van der Waals surface area contributed by atoms with Gasteiger partial charge in [0.1, 0.15) is 5.82 Å². The quantitative estimate of drug-likeness (QED) is 0.822. The molecule has 0 unspecified atom stereocenters. The zero-order chi connectivity index (χ0) is 17.7. The topological polar surface area (TPSA) is 63.6 Å². The second-order valence-corrected chi connectivity index (χ2v) is 6.22. The lowest BCUT2D eigenvalue weighted by molar-refractivity contribution is -0.141. The zero-order valence-electron chi connectivity index (χ0n) is 14.0. The zero-order valence-corrected chi connectivity index (χ0v) is 14.0. The number of oxime groups is 1. The lowest BCUT2D eigenvalue weighted by Crippen LogP contribution is -2.45. The second kappa shape index (κ2) is 7.42. The summed E-state index contributed by atoms with van der Waals surface area (Å²) in [5.41, 5.74) is 1.37. The lowest BCUT2D eigenvalue weighted by Gasteiger charge is -2.20. The minimum Gasteiger partial charge on any atom is -0.379 e. The van der Waals surface area contributed by atoms with Crippen molar-refractivity contribution in [1.82, 2.24) is 10.3 Å². The molecule has 1 N–H and O–H groups in total. The Morgan fingerprint density at radius 2 is 2.08 bits per heavy atom. The van der Waals surface area contributed by atoms with Crippen molar-refractivity contribution in [3.8, 4) is 0 Å². The number of halogens is 1. The molecule has 0 fully saturated rings. The van der Waals surface area contributed by atoms with Gasteiger partial charge in [-0.3, -0.25) is 9.78 Å². The van der Waals surface area contributed by atoms with Crippen LogP contribution in [0.4, 0.5) is 4.39 Å². The van der Waals surface area contributed by atoms with Gasteiger partial charge in [0.05, 0.1) is 5.71 Å². The predicted octanol–water partition coefficient (Wildman–Crippen LogP) is 2.85. The summed E-state index contributed by atoms with van der Waals surface area (Å²) in [7, 11) is 0. The molecule has 1 amide bonds. The summed E-state index contributed by atoms with van der Waals surface area (Å²) in [6.07, 6.45) is 3.71. The van der Waals surface area contributed by atoms with E-state index in [0.717, 1.165) is 24.1 Å². The van der Waals surface area contributed by atoms with Crippen LogP contribution in [0, 0.1) is 5.82 Å². The van der Waals surface area contributed by atoms with E-state index in [-0.39, 0.29) is 11.7 Å². The molecule has 2 aromatic rings. The normalized spacial score (nSPS) is 19.2. The standard InChI is InChI=1S/C19H20FN3O2/c1-19(13-17(23-25-19)14-7-9-15(20)10-8-14)18(24)22-12-4-6-16-5-2-3-11-21-16/h2-3,5,7-11H,4,6,12-13H2,1H3,(H,22,24)/t19-/m1/s1. The molecule has 5 nitrogen and oxygen atoms in total. The summed E-state index contributed by atoms with van der Waals surface area (Å²) in [5.74, 6) is -0.508. The van der Waals surface area contributed by atoms with Crippen LogP contribution in [0.15, 0.2) is 53.8 Å². The van der Waals surface area contributed by atoms with Gasteiger partial charge in [-0.2, -0.15) is 0 Å².